The zero-order chi connectivity index (χ0) is 39.6. The summed E-state index contributed by atoms with van der Waals surface area (Å²) in [5, 5.41) is 2.82. The third-order valence-electron chi connectivity index (χ3n) is 8.93. The van der Waals surface area contributed by atoms with Gasteiger partial charge in [0.05, 0.1) is 13.2 Å². The van der Waals surface area contributed by atoms with Crippen LogP contribution >= 0.6 is 7.82 Å². The normalized spacial score (nSPS) is 13.8. The second-order valence-electron chi connectivity index (χ2n) is 14.1. The first kappa shape index (κ1) is 52.0. The van der Waals surface area contributed by atoms with Gasteiger partial charge in [0.2, 0.25) is 0 Å². The fourth-order valence-corrected chi connectivity index (χ4v) is 6.43. The molecule has 54 heavy (non-hydrogen) atoms. The summed E-state index contributed by atoms with van der Waals surface area (Å²) in [7, 11) is -2.66. The third-order valence-corrected chi connectivity index (χ3v) is 9.92. The quantitative estimate of drug-likeness (QED) is 0.0271. The molecule has 314 valence electrons. The standard InChI is InChI=1S/C44H80NO8P/c1-4-6-8-10-12-14-16-18-20-21-23-24-26-28-30-32-34-36-43(46)50-40-42(41-52-54(48,49)51-39-38-45-3)53-44(47)37-35-33-31-29-27-25-22-19-17-15-13-11-9-7-5-2/h7,9,13,15,18-20,22,42,45H,4-6,8,10-12,14,16-17,21,23-41H2,1-3H3,(H,48,49)/b9-7-,15-13-,20-18-,22-19-. The largest absolute Gasteiger partial charge is 0.472 e. The minimum absolute atomic E-state index is 0.0226. The summed E-state index contributed by atoms with van der Waals surface area (Å²) in [6, 6.07) is 0. The predicted octanol–water partition coefficient (Wildman–Crippen LogP) is 12.2. The molecule has 0 bridgehead atoms. The molecule has 10 heteroatoms. The van der Waals surface area contributed by atoms with Crippen LogP contribution in [0.25, 0.3) is 0 Å². The lowest BCUT2D eigenvalue weighted by molar-refractivity contribution is -0.161. The molecule has 0 saturated carbocycles. The van der Waals surface area contributed by atoms with E-state index >= 15 is 0 Å². The summed E-state index contributed by atoms with van der Waals surface area (Å²) in [5.41, 5.74) is 0. The van der Waals surface area contributed by atoms with E-state index in [1.54, 1.807) is 7.05 Å². The van der Waals surface area contributed by atoms with E-state index in [9.17, 15) is 19.0 Å². The summed E-state index contributed by atoms with van der Waals surface area (Å²) in [6.07, 6.45) is 44.4. The number of unbranched alkanes of at least 4 members (excludes halogenated alkanes) is 18. The molecule has 0 saturated heterocycles. The van der Waals surface area contributed by atoms with Gasteiger partial charge in [0.25, 0.3) is 0 Å². The number of phosphoric acid groups is 1. The minimum atomic E-state index is -4.35. The van der Waals surface area contributed by atoms with Crippen molar-refractivity contribution in [2.75, 3.05) is 33.4 Å². The van der Waals surface area contributed by atoms with Crippen LogP contribution in [0.4, 0.5) is 0 Å². The Balaban J connectivity index is 4.25. The Bertz CT molecular complexity index is 1030. The second-order valence-corrected chi connectivity index (χ2v) is 15.6. The van der Waals surface area contributed by atoms with Gasteiger partial charge in [0, 0.05) is 19.4 Å². The highest BCUT2D eigenvalue weighted by Crippen LogP contribution is 2.43. The minimum Gasteiger partial charge on any atom is -0.462 e. The van der Waals surface area contributed by atoms with E-state index in [-0.39, 0.29) is 32.0 Å². The molecule has 2 atom stereocenters. The molecule has 0 aromatic heterocycles. The van der Waals surface area contributed by atoms with Crippen LogP contribution in [-0.4, -0.2) is 56.3 Å². The zero-order valence-electron chi connectivity index (χ0n) is 34.7. The van der Waals surface area contributed by atoms with E-state index in [0.29, 0.717) is 13.0 Å². The number of likely N-dealkylation sites (N-methyl/N-ethyl adjacent to an activating group) is 1. The van der Waals surface area contributed by atoms with Crippen LogP contribution in [0.2, 0.25) is 0 Å². The van der Waals surface area contributed by atoms with E-state index in [1.165, 1.54) is 64.2 Å². The summed E-state index contributed by atoms with van der Waals surface area (Å²) < 4.78 is 33.2. The number of rotatable bonds is 40. The molecule has 2 unspecified atom stereocenters. The van der Waals surface area contributed by atoms with Crippen LogP contribution in [0.1, 0.15) is 181 Å². The van der Waals surface area contributed by atoms with Crippen LogP contribution in [0.5, 0.6) is 0 Å². The van der Waals surface area contributed by atoms with E-state index in [2.05, 4.69) is 67.8 Å². The lowest BCUT2D eigenvalue weighted by Crippen LogP contribution is -2.29. The Morgan fingerprint density at radius 3 is 1.59 bits per heavy atom. The molecule has 0 fully saturated rings. The van der Waals surface area contributed by atoms with Crippen molar-refractivity contribution in [3.63, 3.8) is 0 Å². The van der Waals surface area contributed by atoms with E-state index in [4.69, 9.17) is 18.5 Å². The van der Waals surface area contributed by atoms with Crippen LogP contribution in [0.3, 0.4) is 0 Å². The van der Waals surface area contributed by atoms with Crippen molar-refractivity contribution in [2.24, 2.45) is 0 Å². The van der Waals surface area contributed by atoms with Crippen LogP contribution in [0.15, 0.2) is 48.6 Å². The molecular formula is C44H80NO8P. The highest BCUT2D eigenvalue weighted by Gasteiger charge is 2.26. The average molecular weight is 782 g/mol. The molecule has 0 heterocycles. The Labute approximate surface area is 330 Å². The topological polar surface area (TPSA) is 120 Å². The lowest BCUT2D eigenvalue weighted by Gasteiger charge is -2.20. The van der Waals surface area contributed by atoms with Crippen LogP contribution < -0.4 is 5.32 Å². The molecule has 0 amide bonds. The van der Waals surface area contributed by atoms with Gasteiger partial charge in [-0.15, -0.1) is 0 Å². The second kappa shape index (κ2) is 40.6. The summed E-state index contributed by atoms with van der Waals surface area (Å²) in [4.78, 5) is 35.0. The maximum absolute atomic E-state index is 12.6. The number of allylic oxidation sites excluding steroid dienone is 8. The molecule has 2 N–H and O–H groups in total. The van der Waals surface area contributed by atoms with Crippen molar-refractivity contribution in [1.82, 2.24) is 5.32 Å². The number of ether oxygens (including phenoxy) is 2. The van der Waals surface area contributed by atoms with E-state index < -0.39 is 26.5 Å². The average Bonchev–Trinajstić information content (AvgIpc) is 3.15. The van der Waals surface area contributed by atoms with Crippen molar-refractivity contribution in [3.8, 4) is 0 Å². The third kappa shape index (κ3) is 39.7. The first-order chi connectivity index (χ1) is 26.3. The number of hydrogen-bond donors (Lipinski definition) is 2. The molecule has 0 aromatic rings. The number of esters is 2. The molecule has 9 nitrogen and oxygen atoms in total. The van der Waals surface area contributed by atoms with Crippen molar-refractivity contribution < 1.29 is 37.6 Å². The first-order valence-electron chi connectivity index (χ1n) is 21.6. The van der Waals surface area contributed by atoms with Crippen LogP contribution in [0, 0.1) is 0 Å². The smallest absolute Gasteiger partial charge is 0.462 e. The number of nitrogens with one attached hydrogen (secondary N) is 1. The molecule has 0 aliphatic rings. The maximum atomic E-state index is 12.6. The molecule has 0 spiro atoms. The maximum Gasteiger partial charge on any atom is 0.472 e. The van der Waals surface area contributed by atoms with Gasteiger partial charge in [-0.05, 0) is 77.7 Å². The highest BCUT2D eigenvalue weighted by atomic mass is 31.2. The fourth-order valence-electron chi connectivity index (χ4n) is 5.68. The molecule has 0 aliphatic carbocycles. The van der Waals surface area contributed by atoms with Crippen LogP contribution in [-0.2, 0) is 32.7 Å². The highest BCUT2D eigenvalue weighted by molar-refractivity contribution is 7.47. The number of phosphoric ester groups is 1. The van der Waals surface area contributed by atoms with Gasteiger partial charge in [-0.1, -0.05) is 146 Å². The molecule has 0 aliphatic heterocycles. The monoisotopic (exact) mass is 782 g/mol. The van der Waals surface area contributed by atoms with E-state index in [0.717, 1.165) is 83.5 Å². The van der Waals surface area contributed by atoms with Gasteiger partial charge in [-0.25, -0.2) is 4.57 Å². The number of hydrogen-bond acceptors (Lipinski definition) is 8. The zero-order valence-corrected chi connectivity index (χ0v) is 35.6. The SMILES string of the molecule is CC/C=C\C/C=C\C/C=C\CCCCCCCC(=O)OC(COC(=O)CCCCCCCCC/C=C\CCCCCCCC)COP(=O)(O)OCCNC. The van der Waals surface area contributed by atoms with Gasteiger partial charge in [-0.3, -0.25) is 18.6 Å². The lowest BCUT2D eigenvalue weighted by atomic mass is 10.1. The van der Waals surface area contributed by atoms with Crippen molar-refractivity contribution in [2.45, 2.75) is 187 Å². The first-order valence-corrected chi connectivity index (χ1v) is 23.1. The molecule has 0 aromatic carbocycles. The Morgan fingerprint density at radius 2 is 1.06 bits per heavy atom. The van der Waals surface area contributed by atoms with Crippen molar-refractivity contribution >= 4 is 19.8 Å². The fraction of sp³-hybridized carbons (Fsp3) is 0.773. The van der Waals surface area contributed by atoms with Gasteiger partial charge in [0.1, 0.15) is 6.61 Å². The molecular weight excluding hydrogens is 701 g/mol. The van der Waals surface area contributed by atoms with Crippen molar-refractivity contribution in [3.05, 3.63) is 48.6 Å². The number of carbonyl (C=O) groups excluding carboxylic acids is 2. The van der Waals surface area contributed by atoms with Gasteiger partial charge >= 0.3 is 19.8 Å². The summed E-state index contributed by atoms with van der Waals surface area (Å²) in [6.45, 7) is 4.08. The van der Waals surface area contributed by atoms with Crippen molar-refractivity contribution in [1.29, 1.82) is 0 Å². The Morgan fingerprint density at radius 1 is 0.593 bits per heavy atom. The predicted molar refractivity (Wildman–Crippen MR) is 224 cm³/mol. The molecule has 0 rings (SSSR count). The van der Waals surface area contributed by atoms with Gasteiger partial charge < -0.3 is 19.7 Å². The van der Waals surface area contributed by atoms with Gasteiger partial charge in [0.15, 0.2) is 6.10 Å². The van der Waals surface area contributed by atoms with Gasteiger partial charge in [-0.2, -0.15) is 0 Å². The summed E-state index contributed by atoms with van der Waals surface area (Å²) >= 11 is 0. The number of carbonyl (C=O) groups is 2. The Hall–Kier alpha value is -2.03. The Kier molecular flexibility index (Phi) is 39.1. The molecule has 0 radical (unpaired) electrons. The van der Waals surface area contributed by atoms with E-state index in [1.807, 2.05) is 0 Å². The summed E-state index contributed by atoms with van der Waals surface area (Å²) in [5.74, 6) is -0.832.